The van der Waals surface area contributed by atoms with Crippen molar-refractivity contribution < 1.29 is 4.39 Å². The van der Waals surface area contributed by atoms with Crippen LogP contribution >= 0.6 is 37.3 Å². The summed E-state index contributed by atoms with van der Waals surface area (Å²) in [6, 6.07) is 0. The number of hydrogen-bond donors (Lipinski definition) is 0. The molecule has 0 aromatic carbocycles. The van der Waals surface area contributed by atoms with Gasteiger partial charge in [-0.25, -0.2) is 10.0 Å². The second-order valence-corrected chi connectivity index (χ2v) is 8.79. The molecule has 0 atom stereocenters. The summed E-state index contributed by atoms with van der Waals surface area (Å²) < 4.78 is 14.0. The van der Waals surface area contributed by atoms with Crippen molar-refractivity contribution in [3.05, 3.63) is 15.0 Å². The molecule has 4 heteroatoms. The Morgan fingerprint density at radius 1 is 1.45 bits per heavy atom. The molecule has 0 bridgehead atoms. The summed E-state index contributed by atoms with van der Waals surface area (Å²) in [6.07, 6.45) is 6.26. The Balaban J connectivity index is 3.21. The van der Waals surface area contributed by atoms with E-state index in [-0.39, 0.29) is 5.13 Å². The molecule has 1 heterocycles. The molecule has 0 fully saturated rings. The van der Waals surface area contributed by atoms with E-state index in [1.54, 1.807) is 0 Å². The van der Waals surface area contributed by atoms with Crippen molar-refractivity contribution in [2.75, 3.05) is 18.8 Å². The molecule has 0 spiro atoms. The molecule has 0 saturated heterocycles. The Kier molecular flexibility index (Phi) is 2.67. The summed E-state index contributed by atoms with van der Waals surface area (Å²) in [4.78, 5) is 0.863. The zero-order valence-electron chi connectivity index (χ0n) is 6.65. The predicted molar refractivity (Wildman–Crippen MR) is 55.6 cm³/mol. The topological polar surface area (TPSA) is 0 Å². The van der Waals surface area contributed by atoms with Crippen molar-refractivity contribution in [2.24, 2.45) is 0 Å². The third-order valence-electron chi connectivity index (χ3n) is 1.27. The normalized spacial score (nSPS) is 13.5. The maximum absolute atomic E-state index is 13.1. The van der Waals surface area contributed by atoms with Gasteiger partial charge >= 0.3 is 0 Å². The molecule has 1 aromatic heterocycles. The molecular formula is C7H10BrFS2. The highest BCUT2D eigenvalue weighted by atomic mass is 79.9. The summed E-state index contributed by atoms with van der Waals surface area (Å²) in [7, 11) is -0.932. The molecule has 0 amide bonds. The lowest BCUT2D eigenvalue weighted by atomic mass is 10.6. The summed E-state index contributed by atoms with van der Waals surface area (Å²) >= 11 is 4.51. The predicted octanol–water partition coefficient (Wildman–Crippen LogP) is 3.70. The van der Waals surface area contributed by atoms with Gasteiger partial charge < -0.3 is 0 Å². The van der Waals surface area contributed by atoms with Gasteiger partial charge in [0.25, 0.3) is 0 Å². The molecule has 0 aliphatic heterocycles. The zero-order chi connectivity index (χ0) is 8.65. The second kappa shape index (κ2) is 3.07. The zero-order valence-corrected chi connectivity index (χ0v) is 9.87. The molecule has 1 aromatic rings. The van der Waals surface area contributed by atoms with Gasteiger partial charge in [-0.05, 0) is 34.7 Å². The molecule has 1 rings (SSSR count). The van der Waals surface area contributed by atoms with Crippen molar-refractivity contribution >= 4 is 37.3 Å². The first-order valence-electron chi connectivity index (χ1n) is 3.04. The fourth-order valence-electron chi connectivity index (χ4n) is 0.838. The van der Waals surface area contributed by atoms with Gasteiger partial charge in [-0.1, -0.05) is 0 Å². The van der Waals surface area contributed by atoms with Gasteiger partial charge in [-0.2, -0.15) is 4.39 Å². The highest BCUT2D eigenvalue weighted by molar-refractivity contribution is 9.10. The van der Waals surface area contributed by atoms with Gasteiger partial charge in [0, 0.05) is 9.85 Å². The SMILES string of the molecule is CS(C)(C)c1c(Br)csc1F. The smallest absolute Gasteiger partial charge is 0.189 e. The van der Waals surface area contributed by atoms with Crippen LogP contribution in [0, 0.1) is 5.13 Å². The maximum atomic E-state index is 13.1. The fourth-order valence-corrected chi connectivity index (χ4v) is 5.52. The van der Waals surface area contributed by atoms with E-state index in [9.17, 15) is 4.39 Å². The first kappa shape index (κ1) is 9.55. The lowest BCUT2D eigenvalue weighted by Gasteiger charge is -2.24. The Labute approximate surface area is 80.3 Å². The van der Waals surface area contributed by atoms with Crippen LogP contribution in [0.3, 0.4) is 0 Å². The highest BCUT2D eigenvalue weighted by Crippen LogP contribution is 2.51. The van der Waals surface area contributed by atoms with Crippen molar-refractivity contribution in [3.63, 3.8) is 0 Å². The van der Waals surface area contributed by atoms with Crippen molar-refractivity contribution in [2.45, 2.75) is 4.90 Å². The molecule has 0 saturated carbocycles. The van der Waals surface area contributed by atoms with E-state index in [1.165, 1.54) is 11.3 Å². The minimum Gasteiger partial charge on any atom is -0.219 e. The average molecular weight is 257 g/mol. The molecule has 0 aliphatic rings. The van der Waals surface area contributed by atoms with E-state index in [4.69, 9.17) is 0 Å². The highest BCUT2D eigenvalue weighted by Gasteiger charge is 2.18. The Hall–Kier alpha value is 0.460. The van der Waals surface area contributed by atoms with E-state index in [0.717, 1.165) is 9.37 Å². The largest absolute Gasteiger partial charge is 0.219 e. The van der Waals surface area contributed by atoms with E-state index in [1.807, 2.05) is 5.38 Å². The van der Waals surface area contributed by atoms with Crippen LogP contribution in [0.2, 0.25) is 0 Å². The van der Waals surface area contributed by atoms with E-state index in [0.29, 0.717) is 0 Å². The van der Waals surface area contributed by atoms with Crippen LogP contribution in [0.4, 0.5) is 4.39 Å². The van der Waals surface area contributed by atoms with Gasteiger partial charge in [-0.3, -0.25) is 0 Å². The maximum Gasteiger partial charge on any atom is 0.189 e. The molecule has 0 nitrogen and oxygen atoms in total. The first-order valence-corrected chi connectivity index (χ1v) is 7.57. The minimum absolute atomic E-state index is 0.0422. The van der Waals surface area contributed by atoms with Gasteiger partial charge in [0.2, 0.25) is 0 Å². The third-order valence-corrected chi connectivity index (χ3v) is 4.98. The summed E-state index contributed by atoms with van der Waals surface area (Å²) in [6.45, 7) is 0. The standard InChI is InChI=1S/C7H10BrFS2/c1-11(2,3)6-5(8)4-10-7(6)9/h4H,1-3H3. The van der Waals surface area contributed by atoms with Gasteiger partial charge in [0.1, 0.15) is 0 Å². The van der Waals surface area contributed by atoms with Crippen LogP contribution < -0.4 is 0 Å². The Bertz CT molecular complexity index is 242. The summed E-state index contributed by atoms with van der Waals surface area (Å²) in [5, 5.41) is 1.77. The van der Waals surface area contributed by atoms with Crippen LogP contribution in [0.1, 0.15) is 0 Å². The fraction of sp³-hybridized carbons (Fsp3) is 0.429. The van der Waals surface area contributed by atoms with Gasteiger partial charge in [0.05, 0.1) is 4.90 Å². The van der Waals surface area contributed by atoms with Crippen molar-refractivity contribution in [1.82, 2.24) is 0 Å². The molecule has 0 aliphatic carbocycles. The molecule has 0 unspecified atom stereocenters. The number of thiophene rings is 1. The van der Waals surface area contributed by atoms with Crippen LogP contribution in [-0.2, 0) is 0 Å². The monoisotopic (exact) mass is 256 g/mol. The molecule has 0 N–H and O–H groups in total. The van der Waals surface area contributed by atoms with E-state index in [2.05, 4.69) is 34.7 Å². The molecule has 11 heavy (non-hydrogen) atoms. The third kappa shape index (κ3) is 1.98. The number of halogens is 2. The van der Waals surface area contributed by atoms with Crippen molar-refractivity contribution in [1.29, 1.82) is 0 Å². The van der Waals surface area contributed by atoms with Gasteiger partial charge in [-0.15, -0.1) is 11.3 Å². The number of rotatable bonds is 1. The average Bonchev–Trinajstić information content (AvgIpc) is 2.08. The first-order chi connectivity index (χ1) is 4.93. The summed E-state index contributed by atoms with van der Waals surface area (Å²) in [5.74, 6) is 0. The van der Waals surface area contributed by atoms with Crippen LogP contribution in [0.5, 0.6) is 0 Å². The van der Waals surface area contributed by atoms with Crippen LogP contribution in [0.25, 0.3) is 0 Å². The van der Waals surface area contributed by atoms with E-state index >= 15 is 0 Å². The Morgan fingerprint density at radius 3 is 2.18 bits per heavy atom. The summed E-state index contributed by atoms with van der Waals surface area (Å²) in [5.41, 5.74) is 0. The quantitative estimate of drug-likeness (QED) is 0.719. The lowest BCUT2D eigenvalue weighted by Crippen LogP contribution is -1.93. The molecule has 64 valence electrons. The molecule has 0 radical (unpaired) electrons. The molecular weight excluding hydrogens is 247 g/mol. The Morgan fingerprint density at radius 2 is 2.00 bits per heavy atom. The lowest BCUT2D eigenvalue weighted by molar-refractivity contribution is 0.631. The van der Waals surface area contributed by atoms with E-state index < -0.39 is 10.0 Å². The van der Waals surface area contributed by atoms with Crippen LogP contribution in [-0.4, -0.2) is 18.8 Å². The van der Waals surface area contributed by atoms with Gasteiger partial charge in [0.15, 0.2) is 5.13 Å². The second-order valence-electron chi connectivity index (χ2n) is 3.02. The van der Waals surface area contributed by atoms with Crippen LogP contribution in [0.15, 0.2) is 14.7 Å². The minimum atomic E-state index is -0.932. The number of hydrogen-bond acceptors (Lipinski definition) is 1. The van der Waals surface area contributed by atoms with Crippen molar-refractivity contribution in [3.8, 4) is 0 Å².